The summed E-state index contributed by atoms with van der Waals surface area (Å²) in [6, 6.07) is 6.21. The third-order valence-corrected chi connectivity index (χ3v) is 3.34. The molecule has 0 aliphatic rings. The molecule has 0 bridgehead atoms. The standard InChI is InChI=1S/C14H15ClN4/c1-9-4-5-12-13(6-9)19(14(17-12)10(2)15)11-7-16-18(3)8-11/h4-8,10H,1-3H3. The van der Waals surface area contributed by atoms with Crippen molar-refractivity contribution in [1.29, 1.82) is 0 Å². The van der Waals surface area contributed by atoms with Crippen molar-refractivity contribution in [3.05, 3.63) is 42.0 Å². The van der Waals surface area contributed by atoms with Crippen LogP contribution in [0.3, 0.4) is 0 Å². The molecule has 1 atom stereocenters. The lowest BCUT2D eigenvalue weighted by Gasteiger charge is -2.07. The minimum Gasteiger partial charge on any atom is -0.292 e. The van der Waals surface area contributed by atoms with E-state index in [4.69, 9.17) is 11.6 Å². The van der Waals surface area contributed by atoms with Gasteiger partial charge in [0, 0.05) is 13.2 Å². The van der Waals surface area contributed by atoms with Crippen molar-refractivity contribution in [3.63, 3.8) is 0 Å². The van der Waals surface area contributed by atoms with Crippen LogP contribution in [0.25, 0.3) is 16.7 Å². The second-order valence-electron chi connectivity index (χ2n) is 4.79. The van der Waals surface area contributed by atoms with E-state index in [1.807, 2.05) is 32.4 Å². The van der Waals surface area contributed by atoms with Gasteiger partial charge in [-0.2, -0.15) is 5.10 Å². The smallest absolute Gasteiger partial charge is 0.132 e. The number of aromatic nitrogens is 4. The Bertz CT molecular complexity index is 739. The second kappa shape index (κ2) is 4.38. The van der Waals surface area contributed by atoms with Crippen LogP contribution in [0, 0.1) is 6.92 Å². The second-order valence-corrected chi connectivity index (χ2v) is 5.44. The van der Waals surface area contributed by atoms with Crippen LogP contribution in [0.4, 0.5) is 0 Å². The molecule has 4 nitrogen and oxygen atoms in total. The van der Waals surface area contributed by atoms with E-state index < -0.39 is 0 Å². The molecule has 19 heavy (non-hydrogen) atoms. The van der Waals surface area contributed by atoms with Crippen molar-refractivity contribution in [3.8, 4) is 5.69 Å². The lowest BCUT2D eigenvalue weighted by molar-refractivity contribution is 0.767. The van der Waals surface area contributed by atoms with Crippen LogP contribution in [0.5, 0.6) is 0 Å². The Morgan fingerprint density at radius 2 is 2.11 bits per heavy atom. The van der Waals surface area contributed by atoms with Gasteiger partial charge in [0.15, 0.2) is 0 Å². The molecule has 0 saturated carbocycles. The van der Waals surface area contributed by atoms with E-state index in [1.54, 1.807) is 4.68 Å². The number of halogens is 1. The molecule has 0 N–H and O–H groups in total. The van der Waals surface area contributed by atoms with Crippen LogP contribution >= 0.6 is 11.6 Å². The van der Waals surface area contributed by atoms with Gasteiger partial charge >= 0.3 is 0 Å². The zero-order chi connectivity index (χ0) is 13.6. The third kappa shape index (κ3) is 2.02. The molecule has 98 valence electrons. The van der Waals surface area contributed by atoms with E-state index in [0.29, 0.717) is 0 Å². The Hall–Kier alpha value is -1.81. The third-order valence-electron chi connectivity index (χ3n) is 3.14. The molecular weight excluding hydrogens is 260 g/mol. The molecule has 0 spiro atoms. The molecule has 2 heterocycles. The van der Waals surface area contributed by atoms with Crippen molar-refractivity contribution in [1.82, 2.24) is 19.3 Å². The van der Waals surface area contributed by atoms with Gasteiger partial charge in [-0.3, -0.25) is 9.25 Å². The van der Waals surface area contributed by atoms with Crippen LogP contribution in [0.2, 0.25) is 0 Å². The SMILES string of the molecule is Cc1ccc2nc(C(C)Cl)n(-c3cnn(C)c3)c2c1. The quantitative estimate of drug-likeness (QED) is 0.672. The van der Waals surface area contributed by atoms with Crippen molar-refractivity contribution < 1.29 is 0 Å². The van der Waals surface area contributed by atoms with Gasteiger partial charge in [0.2, 0.25) is 0 Å². The molecule has 5 heteroatoms. The molecule has 0 fully saturated rings. The van der Waals surface area contributed by atoms with E-state index in [9.17, 15) is 0 Å². The summed E-state index contributed by atoms with van der Waals surface area (Å²) in [5.41, 5.74) is 4.21. The molecule has 2 aromatic heterocycles. The minimum atomic E-state index is -0.159. The maximum absolute atomic E-state index is 6.27. The summed E-state index contributed by atoms with van der Waals surface area (Å²) < 4.78 is 3.85. The maximum Gasteiger partial charge on any atom is 0.132 e. The summed E-state index contributed by atoms with van der Waals surface area (Å²) in [5, 5.41) is 4.07. The van der Waals surface area contributed by atoms with E-state index in [1.165, 1.54) is 5.56 Å². The lowest BCUT2D eigenvalue weighted by atomic mass is 10.2. The number of alkyl halides is 1. The van der Waals surface area contributed by atoms with Crippen LogP contribution in [0.1, 0.15) is 23.7 Å². The van der Waals surface area contributed by atoms with Gasteiger partial charge < -0.3 is 0 Å². The fraction of sp³-hybridized carbons (Fsp3) is 0.286. The zero-order valence-electron chi connectivity index (χ0n) is 11.1. The first-order valence-electron chi connectivity index (χ1n) is 6.18. The number of nitrogens with zero attached hydrogens (tertiary/aromatic N) is 4. The number of hydrogen-bond donors (Lipinski definition) is 0. The largest absolute Gasteiger partial charge is 0.292 e. The predicted octanol–water partition coefficient (Wildman–Crippen LogP) is 3.37. The predicted molar refractivity (Wildman–Crippen MR) is 76.8 cm³/mol. The number of benzene rings is 1. The molecule has 0 saturated heterocycles. The average Bonchev–Trinajstić information content (AvgIpc) is 2.92. The molecule has 0 radical (unpaired) electrons. The van der Waals surface area contributed by atoms with Gasteiger partial charge in [-0.05, 0) is 31.5 Å². The lowest BCUT2D eigenvalue weighted by Crippen LogP contribution is -2.01. The van der Waals surface area contributed by atoms with Gasteiger partial charge in [0.25, 0.3) is 0 Å². The van der Waals surface area contributed by atoms with Gasteiger partial charge in [0.05, 0.1) is 28.3 Å². The highest BCUT2D eigenvalue weighted by Gasteiger charge is 2.17. The van der Waals surface area contributed by atoms with Gasteiger partial charge in [-0.1, -0.05) is 6.07 Å². The first kappa shape index (κ1) is 12.2. The van der Waals surface area contributed by atoms with Crippen molar-refractivity contribution in [2.24, 2.45) is 7.05 Å². The Kier molecular flexibility index (Phi) is 2.82. The molecule has 3 rings (SSSR count). The molecule has 0 amide bonds. The van der Waals surface area contributed by atoms with Crippen LogP contribution in [0.15, 0.2) is 30.6 Å². The van der Waals surface area contributed by atoms with Crippen molar-refractivity contribution in [2.45, 2.75) is 19.2 Å². The van der Waals surface area contributed by atoms with Gasteiger partial charge in [-0.25, -0.2) is 4.98 Å². The number of rotatable bonds is 2. The van der Waals surface area contributed by atoms with E-state index >= 15 is 0 Å². The van der Waals surface area contributed by atoms with E-state index in [0.717, 1.165) is 22.5 Å². The molecule has 1 aromatic carbocycles. The Morgan fingerprint density at radius 1 is 1.32 bits per heavy atom. The monoisotopic (exact) mass is 274 g/mol. The van der Waals surface area contributed by atoms with Crippen LogP contribution in [-0.2, 0) is 7.05 Å². The normalized spacial score (nSPS) is 13.1. The Balaban J connectivity index is 2.35. The maximum atomic E-state index is 6.27. The van der Waals surface area contributed by atoms with Crippen LogP contribution in [-0.4, -0.2) is 19.3 Å². The fourth-order valence-corrected chi connectivity index (χ4v) is 2.41. The molecular formula is C14H15ClN4. The number of hydrogen-bond acceptors (Lipinski definition) is 2. The van der Waals surface area contributed by atoms with E-state index in [-0.39, 0.29) is 5.38 Å². The Labute approximate surface area is 116 Å². The molecule has 1 unspecified atom stereocenters. The average molecular weight is 275 g/mol. The van der Waals surface area contributed by atoms with Gasteiger partial charge in [0.1, 0.15) is 5.82 Å². The fourth-order valence-electron chi connectivity index (χ4n) is 2.27. The summed E-state index contributed by atoms with van der Waals surface area (Å²) in [5.74, 6) is 0.843. The number of fused-ring (bicyclic) bond motifs is 1. The highest BCUT2D eigenvalue weighted by atomic mass is 35.5. The summed E-state index contributed by atoms with van der Waals surface area (Å²) in [6.45, 7) is 4.01. The number of aryl methyl sites for hydroxylation is 2. The minimum absolute atomic E-state index is 0.159. The highest BCUT2D eigenvalue weighted by molar-refractivity contribution is 6.20. The topological polar surface area (TPSA) is 35.6 Å². The molecule has 0 aliphatic carbocycles. The van der Waals surface area contributed by atoms with Crippen molar-refractivity contribution >= 4 is 22.6 Å². The molecule has 0 aliphatic heterocycles. The summed E-state index contributed by atoms with van der Waals surface area (Å²) in [4.78, 5) is 4.63. The summed E-state index contributed by atoms with van der Waals surface area (Å²) in [6.07, 6.45) is 3.79. The molecule has 3 aromatic rings. The van der Waals surface area contributed by atoms with Gasteiger partial charge in [-0.15, -0.1) is 11.6 Å². The first-order chi connectivity index (χ1) is 9.06. The van der Waals surface area contributed by atoms with E-state index in [2.05, 4.69) is 33.7 Å². The number of imidazole rings is 1. The Morgan fingerprint density at radius 3 is 2.74 bits per heavy atom. The summed E-state index contributed by atoms with van der Waals surface area (Å²) in [7, 11) is 1.90. The highest BCUT2D eigenvalue weighted by Crippen LogP contribution is 2.28. The van der Waals surface area contributed by atoms with Crippen molar-refractivity contribution in [2.75, 3.05) is 0 Å². The summed E-state index contributed by atoms with van der Waals surface area (Å²) >= 11 is 6.27. The van der Waals surface area contributed by atoms with Crippen LogP contribution < -0.4 is 0 Å². The zero-order valence-corrected chi connectivity index (χ0v) is 11.9. The first-order valence-corrected chi connectivity index (χ1v) is 6.62.